The molecule has 0 aliphatic heterocycles. The second kappa shape index (κ2) is 7.85. The highest BCUT2D eigenvalue weighted by atomic mass is 14.0. The van der Waals surface area contributed by atoms with Crippen LogP contribution in [-0.4, -0.2) is 0 Å². The molecular formula is C13H22. The van der Waals surface area contributed by atoms with Crippen LogP contribution in [0.15, 0.2) is 36.0 Å². The topological polar surface area (TPSA) is 0 Å². The lowest BCUT2D eigenvalue weighted by molar-refractivity contribution is 0.951. The second-order valence-corrected chi connectivity index (χ2v) is 3.21. The van der Waals surface area contributed by atoms with Gasteiger partial charge in [0, 0.05) is 0 Å². The van der Waals surface area contributed by atoms with Crippen molar-refractivity contribution in [1.82, 2.24) is 0 Å². The third-order valence-corrected chi connectivity index (χ3v) is 2.38. The van der Waals surface area contributed by atoms with Gasteiger partial charge in [0.1, 0.15) is 0 Å². The zero-order valence-corrected chi connectivity index (χ0v) is 9.27. The van der Waals surface area contributed by atoms with Gasteiger partial charge in [-0.2, -0.15) is 0 Å². The average molecular weight is 178 g/mol. The molecule has 0 aliphatic rings. The van der Waals surface area contributed by atoms with Gasteiger partial charge >= 0.3 is 0 Å². The van der Waals surface area contributed by atoms with Crippen LogP contribution < -0.4 is 0 Å². The van der Waals surface area contributed by atoms with Crippen LogP contribution in [0.5, 0.6) is 0 Å². The molecule has 0 rings (SSSR count). The zero-order chi connectivity index (χ0) is 10.1. The average Bonchev–Trinajstić information content (AvgIpc) is 2.17. The molecule has 0 atom stereocenters. The van der Waals surface area contributed by atoms with E-state index >= 15 is 0 Å². The van der Waals surface area contributed by atoms with Crippen molar-refractivity contribution in [2.24, 2.45) is 0 Å². The lowest BCUT2D eigenvalue weighted by Crippen LogP contribution is -1.82. The SMILES string of the molecule is C=CCC(=CC)CC=C(CC)CC. The van der Waals surface area contributed by atoms with Gasteiger partial charge in [-0.25, -0.2) is 0 Å². The van der Waals surface area contributed by atoms with E-state index in [4.69, 9.17) is 0 Å². The van der Waals surface area contributed by atoms with Crippen LogP contribution in [0.1, 0.15) is 46.5 Å². The van der Waals surface area contributed by atoms with Gasteiger partial charge in [-0.05, 0) is 32.6 Å². The number of rotatable bonds is 6. The number of hydrogen-bond donors (Lipinski definition) is 0. The van der Waals surface area contributed by atoms with Gasteiger partial charge in [-0.3, -0.25) is 0 Å². The summed E-state index contributed by atoms with van der Waals surface area (Å²) in [6, 6.07) is 0. The van der Waals surface area contributed by atoms with Crippen LogP contribution in [0.4, 0.5) is 0 Å². The van der Waals surface area contributed by atoms with Gasteiger partial charge in [-0.1, -0.05) is 43.2 Å². The summed E-state index contributed by atoms with van der Waals surface area (Å²) < 4.78 is 0. The quantitative estimate of drug-likeness (QED) is 0.519. The fourth-order valence-electron chi connectivity index (χ4n) is 1.32. The first-order valence-corrected chi connectivity index (χ1v) is 5.21. The van der Waals surface area contributed by atoms with E-state index in [9.17, 15) is 0 Å². The van der Waals surface area contributed by atoms with Crippen LogP contribution in [-0.2, 0) is 0 Å². The monoisotopic (exact) mass is 178 g/mol. The Balaban J connectivity index is 4.09. The molecule has 0 saturated heterocycles. The van der Waals surface area contributed by atoms with E-state index in [0.29, 0.717) is 0 Å². The third kappa shape index (κ3) is 5.46. The Kier molecular flexibility index (Phi) is 7.38. The highest BCUT2D eigenvalue weighted by molar-refractivity contribution is 5.13. The lowest BCUT2D eigenvalue weighted by Gasteiger charge is -2.02. The minimum absolute atomic E-state index is 1.02. The van der Waals surface area contributed by atoms with E-state index in [-0.39, 0.29) is 0 Å². The summed E-state index contributed by atoms with van der Waals surface area (Å²) in [5, 5.41) is 0. The van der Waals surface area contributed by atoms with E-state index in [1.165, 1.54) is 18.4 Å². The molecule has 0 unspecified atom stereocenters. The molecule has 0 aliphatic carbocycles. The first-order chi connectivity index (χ1) is 6.28. The first-order valence-electron chi connectivity index (χ1n) is 5.21. The Morgan fingerprint density at radius 1 is 1.08 bits per heavy atom. The molecule has 13 heavy (non-hydrogen) atoms. The zero-order valence-electron chi connectivity index (χ0n) is 9.27. The van der Waals surface area contributed by atoms with Gasteiger partial charge in [0.25, 0.3) is 0 Å². The van der Waals surface area contributed by atoms with E-state index < -0.39 is 0 Å². The maximum absolute atomic E-state index is 3.75. The van der Waals surface area contributed by atoms with Gasteiger partial charge < -0.3 is 0 Å². The standard InChI is InChI=1S/C13H22/c1-5-9-13(8-4)11-10-12(6-2)7-3/h5,8,10H,1,6-7,9,11H2,2-4H3. The maximum Gasteiger partial charge on any atom is -0.0133 e. The molecule has 0 aromatic rings. The summed E-state index contributed by atoms with van der Waals surface area (Å²) in [5.74, 6) is 0. The van der Waals surface area contributed by atoms with E-state index in [1.54, 1.807) is 5.57 Å². The Morgan fingerprint density at radius 2 is 1.69 bits per heavy atom. The number of hydrogen-bond acceptors (Lipinski definition) is 0. The molecular weight excluding hydrogens is 156 g/mol. The second-order valence-electron chi connectivity index (χ2n) is 3.21. The van der Waals surface area contributed by atoms with Crippen LogP contribution in [0.3, 0.4) is 0 Å². The Labute approximate surface area is 83.0 Å². The van der Waals surface area contributed by atoms with Gasteiger partial charge in [0.15, 0.2) is 0 Å². The molecule has 0 radical (unpaired) electrons. The van der Waals surface area contributed by atoms with Crippen LogP contribution in [0.25, 0.3) is 0 Å². The van der Waals surface area contributed by atoms with Gasteiger partial charge in [-0.15, -0.1) is 6.58 Å². The van der Waals surface area contributed by atoms with E-state index in [2.05, 4.69) is 39.5 Å². The summed E-state index contributed by atoms with van der Waals surface area (Å²) in [4.78, 5) is 0. The maximum atomic E-state index is 3.75. The highest BCUT2D eigenvalue weighted by Crippen LogP contribution is 2.13. The predicted octanol–water partition coefficient (Wildman–Crippen LogP) is 4.65. The summed E-state index contributed by atoms with van der Waals surface area (Å²) in [7, 11) is 0. The Morgan fingerprint density at radius 3 is 2.08 bits per heavy atom. The molecule has 74 valence electrons. The molecule has 0 N–H and O–H groups in total. The molecule has 0 heterocycles. The normalized spacial score (nSPS) is 11.2. The van der Waals surface area contributed by atoms with Crippen molar-refractivity contribution in [3.63, 3.8) is 0 Å². The van der Waals surface area contributed by atoms with Crippen molar-refractivity contribution in [2.75, 3.05) is 0 Å². The van der Waals surface area contributed by atoms with Crippen LogP contribution in [0.2, 0.25) is 0 Å². The van der Waals surface area contributed by atoms with E-state index in [0.717, 1.165) is 12.8 Å². The van der Waals surface area contributed by atoms with Crippen molar-refractivity contribution in [3.05, 3.63) is 36.0 Å². The Bertz CT molecular complexity index is 188. The van der Waals surface area contributed by atoms with Crippen molar-refractivity contribution in [3.8, 4) is 0 Å². The first kappa shape index (κ1) is 12.2. The minimum atomic E-state index is 1.02. The van der Waals surface area contributed by atoms with Crippen molar-refractivity contribution < 1.29 is 0 Å². The highest BCUT2D eigenvalue weighted by Gasteiger charge is 1.93. The molecule has 0 aromatic carbocycles. The fraction of sp³-hybridized carbons (Fsp3) is 0.538. The van der Waals surface area contributed by atoms with Crippen molar-refractivity contribution >= 4 is 0 Å². The fourth-order valence-corrected chi connectivity index (χ4v) is 1.32. The van der Waals surface area contributed by atoms with Gasteiger partial charge in [0.2, 0.25) is 0 Å². The predicted molar refractivity (Wildman–Crippen MR) is 61.9 cm³/mol. The number of allylic oxidation sites excluding steroid dienone is 5. The third-order valence-electron chi connectivity index (χ3n) is 2.38. The Hall–Kier alpha value is -0.780. The molecule has 0 heteroatoms. The van der Waals surface area contributed by atoms with Crippen molar-refractivity contribution in [1.29, 1.82) is 0 Å². The summed E-state index contributed by atoms with van der Waals surface area (Å²) in [5.41, 5.74) is 3.03. The molecule has 0 spiro atoms. The van der Waals surface area contributed by atoms with Crippen molar-refractivity contribution in [2.45, 2.75) is 46.5 Å². The molecule has 0 nitrogen and oxygen atoms in total. The van der Waals surface area contributed by atoms with E-state index in [1.807, 2.05) is 6.08 Å². The largest absolute Gasteiger partial charge is 0.103 e. The van der Waals surface area contributed by atoms with Crippen LogP contribution >= 0.6 is 0 Å². The minimum Gasteiger partial charge on any atom is -0.103 e. The molecule has 0 saturated carbocycles. The summed E-state index contributed by atoms with van der Waals surface area (Å²) in [6.45, 7) is 10.3. The molecule has 0 bridgehead atoms. The smallest absolute Gasteiger partial charge is 0.0133 e. The summed E-state index contributed by atoms with van der Waals surface area (Å²) >= 11 is 0. The molecule has 0 aromatic heterocycles. The molecule has 0 fully saturated rings. The van der Waals surface area contributed by atoms with Crippen LogP contribution in [0, 0.1) is 0 Å². The lowest BCUT2D eigenvalue weighted by atomic mass is 10.0. The summed E-state index contributed by atoms with van der Waals surface area (Å²) in [6.07, 6.45) is 11.0. The molecule has 0 amide bonds. The van der Waals surface area contributed by atoms with Gasteiger partial charge in [0.05, 0.1) is 0 Å².